The van der Waals surface area contributed by atoms with E-state index in [2.05, 4.69) is 29.6 Å². The van der Waals surface area contributed by atoms with Crippen molar-refractivity contribution in [2.75, 3.05) is 19.8 Å². The summed E-state index contributed by atoms with van der Waals surface area (Å²) in [6.07, 6.45) is 3.92. The number of ether oxygens (including phenoxy) is 2. The van der Waals surface area contributed by atoms with Crippen LogP contribution in [0, 0.1) is 5.41 Å². The largest absolute Gasteiger partial charge is 0.376 e. The lowest BCUT2D eigenvalue weighted by molar-refractivity contribution is 0.0308. The predicted octanol–water partition coefficient (Wildman–Crippen LogP) is 2.32. The zero-order valence-corrected chi connectivity index (χ0v) is 10.7. The molecule has 98 valence electrons. The molecule has 0 bridgehead atoms. The summed E-state index contributed by atoms with van der Waals surface area (Å²) in [5, 5.41) is 3.38. The quantitative estimate of drug-likeness (QED) is 0.837. The van der Waals surface area contributed by atoms with Crippen LogP contribution >= 0.6 is 0 Å². The number of hydrogen-bond acceptors (Lipinski definition) is 3. The van der Waals surface area contributed by atoms with Gasteiger partial charge < -0.3 is 9.47 Å². The van der Waals surface area contributed by atoms with Crippen LogP contribution in [0.15, 0.2) is 30.3 Å². The van der Waals surface area contributed by atoms with Crippen LogP contribution in [0.1, 0.15) is 24.8 Å². The first-order valence-electron chi connectivity index (χ1n) is 6.83. The van der Waals surface area contributed by atoms with Gasteiger partial charge in [0.15, 0.2) is 0 Å². The Morgan fingerprint density at radius 2 is 2.11 bits per heavy atom. The van der Waals surface area contributed by atoms with Gasteiger partial charge in [0, 0.05) is 6.54 Å². The Bertz CT molecular complexity index is 369. The second-order valence-corrected chi connectivity index (χ2v) is 5.50. The maximum Gasteiger partial charge on any atom is 0.108 e. The fraction of sp³-hybridized carbons (Fsp3) is 0.600. The standard InChI is InChI=1S/C15H21NO2/c1-2-4-13(5-3-1)11-17-12-15(6-7-15)10-14-16-8-9-18-14/h1-5,14,16H,6-12H2/t14-/m0/s1. The molecule has 3 rings (SSSR count). The van der Waals surface area contributed by atoms with Crippen molar-refractivity contribution >= 4 is 0 Å². The van der Waals surface area contributed by atoms with Gasteiger partial charge in [0.05, 0.1) is 19.8 Å². The third-order valence-corrected chi connectivity index (χ3v) is 3.89. The molecule has 1 saturated heterocycles. The molecule has 3 nitrogen and oxygen atoms in total. The van der Waals surface area contributed by atoms with E-state index in [1.807, 2.05) is 6.07 Å². The van der Waals surface area contributed by atoms with Crippen LogP contribution in [-0.2, 0) is 16.1 Å². The molecule has 1 aromatic carbocycles. The monoisotopic (exact) mass is 247 g/mol. The Hall–Kier alpha value is -0.900. The Morgan fingerprint density at radius 3 is 2.78 bits per heavy atom. The molecule has 0 amide bonds. The number of rotatable bonds is 6. The van der Waals surface area contributed by atoms with Gasteiger partial charge in [-0.3, -0.25) is 5.32 Å². The van der Waals surface area contributed by atoms with E-state index in [1.165, 1.54) is 18.4 Å². The van der Waals surface area contributed by atoms with E-state index < -0.39 is 0 Å². The molecule has 3 heteroatoms. The van der Waals surface area contributed by atoms with Crippen molar-refractivity contribution < 1.29 is 9.47 Å². The van der Waals surface area contributed by atoms with Crippen LogP contribution in [0.4, 0.5) is 0 Å². The zero-order chi connectivity index (χ0) is 12.3. The van der Waals surface area contributed by atoms with E-state index in [9.17, 15) is 0 Å². The van der Waals surface area contributed by atoms with Crippen LogP contribution in [0.3, 0.4) is 0 Å². The zero-order valence-electron chi connectivity index (χ0n) is 10.7. The third-order valence-electron chi connectivity index (χ3n) is 3.89. The maximum atomic E-state index is 5.87. The van der Waals surface area contributed by atoms with Crippen LogP contribution in [0.2, 0.25) is 0 Å². The molecule has 1 saturated carbocycles. The first-order chi connectivity index (χ1) is 8.86. The smallest absolute Gasteiger partial charge is 0.108 e. The molecule has 0 spiro atoms. The lowest BCUT2D eigenvalue weighted by atomic mass is 10.0. The molecule has 2 aliphatic rings. The summed E-state index contributed by atoms with van der Waals surface area (Å²) >= 11 is 0. The molecule has 1 atom stereocenters. The van der Waals surface area contributed by atoms with Crippen molar-refractivity contribution in [2.24, 2.45) is 5.41 Å². The maximum absolute atomic E-state index is 5.87. The molecule has 0 unspecified atom stereocenters. The number of nitrogens with one attached hydrogen (secondary N) is 1. The van der Waals surface area contributed by atoms with E-state index in [-0.39, 0.29) is 6.23 Å². The second-order valence-electron chi connectivity index (χ2n) is 5.50. The highest BCUT2D eigenvalue weighted by atomic mass is 16.5. The Labute approximate surface area is 108 Å². The average Bonchev–Trinajstić information content (AvgIpc) is 2.96. The molecule has 1 aromatic rings. The Morgan fingerprint density at radius 1 is 1.28 bits per heavy atom. The minimum absolute atomic E-state index is 0.257. The molecule has 18 heavy (non-hydrogen) atoms. The fourth-order valence-corrected chi connectivity index (χ4v) is 2.55. The fourth-order valence-electron chi connectivity index (χ4n) is 2.55. The van der Waals surface area contributed by atoms with Crippen molar-refractivity contribution in [1.82, 2.24) is 5.32 Å². The van der Waals surface area contributed by atoms with Gasteiger partial charge in [-0.25, -0.2) is 0 Å². The van der Waals surface area contributed by atoms with Crippen molar-refractivity contribution in [3.63, 3.8) is 0 Å². The van der Waals surface area contributed by atoms with Gasteiger partial charge in [-0.05, 0) is 30.2 Å². The molecular formula is C15H21NO2. The van der Waals surface area contributed by atoms with E-state index in [1.54, 1.807) is 0 Å². The summed E-state index contributed by atoms with van der Waals surface area (Å²) in [5.74, 6) is 0. The summed E-state index contributed by atoms with van der Waals surface area (Å²) in [6, 6.07) is 10.4. The number of hydrogen-bond donors (Lipinski definition) is 1. The first-order valence-corrected chi connectivity index (χ1v) is 6.83. The summed E-state index contributed by atoms with van der Waals surface area (Å²) in [7, 11) is 0. The lowest BCUT2D eigenvalue weighted by Crippen LogP contribution is -2.28. The van der Waals surface area contributed by atoms with Gasteiger partial charge >= 0.3 is 0 Å². The topological polar surface area (TPSA) is 30.5 Å². The van der Waals surface area contributed by atoms with E-state index in [0.717, 1.165) is 32.8 Å². The van der Waals surface area contributed by atoms with Gasteiger partial charge in [0.2, 0.25) is 0 Å². The summed E-state index contributed by atoms with van der Waals surface area (Å²) < 4.78 is 11.5. The number of benzene rings is 1. The Balaban J connectivity index is 1.42. The second kappa shape index (κ2) is 5.39. The van der Waals surface area contributed by atoms with Gasteiger partial charge in [-0.15, -0.1) is 0 Å². The van der Waals surface area contributed by atoms with Crippen LogP contribution in [0.25, 0.3) is 0 Å². The molecule has 1 aliphatic carbocycles. The van der Waals surface area contributed by atoms with Crippen molar-refractivity contribution in [2.45, 2.75) is 32.1 Å². The molecule has 1 heterocycles. The van der Waals surface area contributed by atoms with Gasteiger partial charge in [-0.1, -0.05) is 30.3 Å². The minimum atomic E-state index is 0.257. The summed E-state index contributed by atoms with van der Waals surface area (Å²) in [6.45, 7) is 3.43. The highest BCUT2D eigenvalue weighted by Gasteiger charge is 2.45. The Kier molecular flexibility index (Phi) is 3.64. The van der Waals surface area contributed by atoms with Crippen LogP contribution < -0.4 is 5.32 Å². The SMILES string of the molecule is c1ccc(COCC2(C[C@H]3NCCO3)CC2)cc1. The molecule has 0 radical (unpaired) electrons. The van der Waals surface area contributed by atoms with Crippen molar-refractivity contribution in [3.8, 4) is 0 Å². The first kappa shape index (κ1) is 12.2. The van der Waals surface area contributed by atoms with E-state index >= 15 is 0 Å². The highest BCUT2D eigenvalue weighted by Crippen LogP contribution is 2.50. The molecule has 1 N–H and O–H groups in total. The molecular weight excluding hydrogens is 226 g/mol. The predicted molar refractivity (Wildman–Crippen MR) is 70.1 cm³/mol. The summed E-state index contributed by atoms with van der Waals surface area (Å²) in [4.78, 5) is 0. The highest BCUT2D eigenvalue weighted by molar-refractivity contribution is 5.13. The van der Waals surface area contributed by atoms with Crippen molar-refractivity contribution in [1.29, 1.82) is 0 Å². The van der Waals surface area contributed by atoms with E-state index in [4.69, 9.17) is 9.47 Å². The van der Waals surface area contributed by atoms with Crippen molar-refractivity contribution in [3.05, 3.63) is 35.9 Å². The molecule has 1 aliphatic heterocycles. The molecule has 2 fully saturated rings. The van der Waals surface area contributed by atoms with Crippen LogP contribution in [0.5, 0.6) is 0 Å². The third kappa shape index (κ3) is 3.10. The minimum Gasteiger partial charge on any atom is -0.376 e. The molecule has 0 aromatic heterocycles. The summed E-state index contributed by atoms with van der Waals surface area (Å²) in [5.41, 5.74) is 1.64. The lowest BCUT2D eigenvalue weighted by Gasteiger charge is -2.19. The normalized spacial score (nSPS) is 25.2. The van der Waals surface area contributed by atoms with Gasteiger partial charge in [0.25, 0.3) is 0 Å². The van der Waals surface area contributed by atoms with E-state index in [0.29, 0.717) is 5.41 Å². The van der Waals surface area contributed by atoms with Gasteiger partial charge in [0.1, 0.15) is 6.23 Å². The van der Waals surface area contributed by atoms with Gasteiger partial charge in [-0.2, -0.15) is 0 Å². The van der Waals surface area contributed by atoms with Crippen LogP contribution in [-0.4, -0.2) is 26.0 Å². The average molecular weight is 247 g/mol.